The molecule has 0 saturated carbocycles. The molecule has 0 N–H and O–H groups in total. The Bertz CT molecular complexity index is 3140. The normalized spacial score (nSPS) is 11.9. The third kappa shape index (κ3) is 4.25. The van der Waals surface area contributed by atoms with E-state index in [0.717, 1.165) is 27.6 Å². The maximum Gasteiger partial charge on any atom is 0.135 e. The van der Waals surface area contributed by atoms with Crippen LogP contribution >= 0.6 is 0 Å². The molecule has 3 heterocycles. The van der Waals surface area contributed by atoms with Crippen molar-refractivity contribution in [3.63, 3.8) is 0 Å². The van der Waals surface area contributed by atoms with E-state index >= 15 is 0 Å². The van der Waals surface area contributed by atoms with Crippen LogP contribution in [0.15, 0.2) is 186 Å². The summed E-state index contributed by atoms with van der Waals surface area (Å²) in [6, 6.07) is 65.6. The van der Waals surface area contributed by atoms with Crippen molar-refractivity contribution in [1.29, 1.82) is 0 Å². The molecule has 11 aromatic rings. The molecule has 0 spiro atoms. The Morgan fingerprint density at radius 1 is 0.275 bits per heavy atom. The van der Waals surface area contributed by atoms with Gasteiger partial charge in [-0.05, 0) is 101 Å². The van der Waals surface area contributed by atoms with Gasteiger partial charge in [0, 0.05) is 43.7 Å². The van der Waals surface area contributed by atoms with Gasteiger partial charge in [0.2, 0.25) is 0 Å². The second-order valence-electron chi connectivity index (χ2n) is 13.4. The second-order valence-corrected chi connectivity index (χ2v) is 13.4. The average molecular weight is 651 g/mol. The zero-order chi connectivity index (χ0) is 33.5. The lowest BCUT2D eigenvalue weighted by molar-refractivity contribution is 0.669. The highest BCUT2D eigenvalue weighted by molar-refractivity contribution is 6.12. The SMILES string of the molecule is c1ccc(-n2c3ccccc3c3cc(-c4cccc(-n5c6ccccc6c6cc(-c7ccc8oc9ccccc9c8c7)ccc65)c4)ccc32)cc1. The van der Waals surface area contributed by atoms with E-state index < -0.39 is 0 Å². The third-order valence-electron chi connectivity index (χ3n) is 10.5. The number of rotatable bonds is 4. The lowest BCUT2D eigenvalue weighted by Crippen LogP contribution is -1.94. The summed E-state index contributed by atoms with van der Waals surface area (Å²) in [5.74, 6) is 0. The van der Waals surface area contributed by atoms with Gasteiger partial charge in [0.15, 0.2) is 0 Å². The van der Waals surface area contributed by atoms with Gasteiger partial charge < -0.3 is 13.6 Å². The van der Waals surface area contributed by atoms with E-state index in [1.807, 2.05) is 12.1 Å². The molecule has 0 aliphatic heterocycles. The summed E-state index contributed by atoms with van der Waals surface area (Å²) in [6.07, 6.45) is 0. The van der Waals surface area contributed by atoms with Crippen molar-refractivity contribution in [3.05, 3.63) is 182 Å². The maximum absolute atomic E-state index is 6.12. The Labute approximate surface area is 293 Å². The minimum atomic E-state index is 0.915. The van der Waals surface area contributed by atoms with Gasteiger partial charge in [-0.3, -0.25) is 0 Å². The molecule has 238 valence electrons. The van der Waals surface area contributed by atoms with E-state index in [0.29, 0.717) is 0 Å². The van der Waals surface area contributed by atoms with Gasteiger partial charge >= 0.3 is 0 Å². The van der Waals surface area contributed by atoms with E-state index in [1.165, 1.54) is 71.6 Å². The zero-order valence-electron chi connectivity index (χ0n) is 27.6. The molecular weight excluding hydrogens is 621 g/mol. The smallest absolute Gasteiger partial charge is 0.135 e. The summed E-state index contributed by atoms with van der Waals surface area (Å²) in [4.78, 5) is 0. The minimum absolute atomic E-state index is 0.915. The molecule has 8 aromatic carbocycles. The molecule has 0 unspecified atom stereocenters. The Morgan fingerprint density at radius 2 is 0.745 bits per heavy atom. The van der Waals surface area contributed by atoms with E-state index in [4.69, 9.17) is 4.42 Å². The lowest BCUT2D eigenvalue weighted by atomic mass is 10.0. The molecule has 0 bridgehead atoms. The van der Waals surface area contributed by atoms with Crippen LogP contribution in [0, 0.1) is 0 Å². The molecular formula is C48H30N2O. The van der Waals surface area contributed by atoms with Gasteiger partial charge in [-0.2, -0.15) is 0 Å². The first-order valence-electron chi connectivity index (χ1n) is 17.4. The number of hydrogen-bond donors (Lipinski definition) is 0. The van der Waals surface area contributed by atoms with E-state index in [2.05, 4.69) is 179 Å². The van der Waals surface area contributed by atoms with E-state index in [1.54, 1.807) is 0 Å². The molecule has 0 saturated heterocycles. The van der Waals surface area contributed by atoms with Gasteiger partial charge in [0.05, 0.1) is 22.1 Å². The van der Waals surface area contributed by atoms with E-state index in [9.17, 15) is 0 Å². The number of aromatic nitrogens is 2. The first-order valence-corrected chi connectivity index (χ1v) is 17.4. The highest BCUT2D eigenvalue weighted by atomic mass is 16.3. The summed E-state index contributed by atoms with van der Waals surface area (Å²) < 4.78 is 10.9. The highest BCUT2D eigenvalue weighted by Crippen LogP contribution is 2.39. The fourth-order valence-corrected chi connectivity index (χ4v) is 8.17. The summed E-state index contributed by atoms with van der Waals surface area (Å²) in [7, 11) is 0. The van der Waals surface area contributed by atoms with Gasteiger partial charge in [-0.1, -0.05) is 103 Å². The first-order chi connectivity index (χ1) is 25.3. The van der Waals surface area contributed by atoms with Crippen LogP contribution in [0.3, 0.4) is 0 Å². The van der Waals surface area contributed by atoms with Gasteiger partial charge in [0.1, 0.15) is 11.2 Å². The molecule has 3 nitrogen and oxygen atoms in total. The molecule has 0 atom stereocenters. The molecule has 0 aliphatic carbocycles. The average Bonchev–Trinajstić information content (AvgIpc) is 3.85. The van der Waals surface area contributed by atoms with Crippen molar-refractivity contribution < 1.29 is 4.42 Å². The monoisotopic (exact) mass is 650 g/mol. The van der Waals surface area contributed by atoms with Gasteiger partial charge in [-0.25, -0.2) is 0 Å². The Balaban J connectivity index is 1.05. The largest absolute Gasteiger partial charge is 0.456 e. The van der Waals surface area contributed by atoms with Crippen LogP contribution in [-0.4, -0.2) is 9.13 Å². The van der Waals surface area contributed by atoms with Crippen molar-refractivity contribution in [3.8, 4) is 33.6 Å². The summed E-state index contributed by atoms with van der Waals surface area (Å²) in [5.41, 5.74) is 13.7. The summed E-state index contributed by atoms with van der Waals surface area (Å²) in [6.45, 7) is 0. The zero-order valence-corrected chi connectivity index (χ0v) is 27.6. The Morgan fingerprint density at radius 3 is 1.43 bits per heavy atom. The van der Waals surface area contributed by atoms with Crippen LogP contribution in [0.2, 0.25) is 0 Å². The quantitative estimate of drug-likeness (QED) is 0.186. The number of benzene rings is 8. The molecule has 0 aliphatic rings. The fraction of sp³-hybridized carbons (Fsp3) is 0. The van der Waals surface area contributed by atoms with Gasteiger partial charge in [0.25, 0.3) is 0 Å². The van der Waals surface area contributed by atoms with Crippen molar-refractivity contribution in [2.45, 2.75) is 0 Å². The van der Waals surface area contributed by atoms with Crippen molar-refractivity contribution in [2.75, 3.05) is 0 Å². The molecule has 3 heteroatoms. The predicted molar refractivity (Wildman–Crippen MR) is 213 cm³/mol. The molecule has 0 radical (unpaired) electrons. The predicted octanol–water partition coefficient (Wildman–Crippen LogP) is 13.1. The highest BCUT2D eigenvalue weighted by Gasteiger charge is 2.16. The molecule has 3 aromatic heterocycles. The lowest BCUT2D eigenvalue weighted by Gasteiger charge is -2.11. The number of nitrogens with zero attached hydrogens (tertiary/aromatic N) is 2. The Kier molecular flexibility index (Phi) is 5.96. The topological polar surface area (TPSA) is 23.0 Å². The summed E-state index contributed by atoms with van der Waals surface area (Å²) in [5, 5.41) is 7.28. The Hall–Kier alpha value is -6.84. The molecule has 0 amide bonds. The van der Waals surface area contributed by atoms with Crippen LogP contribution in [0.4, 0.5) is 0 Å². The number of fused-ring (bicyclic) bond motifs is 9. The number of furan rings is 1. The minimum Gasteiger partial charge on any atom is -0.456 e. The van der Waals surface area contributed by atoms with Crippen molar-refractivity contribution in [1.82, 2.24) is 9.13 Å². The number of hydrogen-bond acceptors (Lipinski definition) is 1. The van der Waals surface area contributed by atoms with E-state index in [-0.39, 0.29) is 0 Å². The molecule has 51 heavy (non-hydrogen) atoms. The number of para-hydroxylation sites is 4. The van der Waals surface area contributed by atoms with Crippen LogP contribution in [0.1, 0.15) is 0 Å². The standard InChI is InChI=1S/C48H30N2O/c1-2-12-35(13-3-1)49-43-18-7-4-15-37(43)40-28-32(21-24-45(40)49)31-11-10-14-36(27-31)50-44-19-8-5-16-38(44)41-29-33(22-25-46(41)50)34-23-26-48-42(30-34)39-17-6-9-20-47(39)51-48/h1-30H. The van der Waals surface area contributed by atoms with Crippen LogP contribution in [-0.2, 0) is 0 Å². The summed E-state index contributed by atoms with van der Waals surface area (Å²) >= 11 is 0. The molecule has 11 rings (SSSR count). The van der Waals surface area contributed by atoms with Crippen molar-refractivity contribution >= 4 is 65.6 Å². The van der Waals surface area contributed by atoms with Crippen LogP contribution in [0.25, 0.3) is 99.2 Å². The van der Waals surface area contributed by atoms with Crippen molar-refractivity contribution in [2.24, 2.45) is 0 Å². The maximum atomic E-state index is 6.12. The second kappa shape index (κ2) is 10.8. The third-order valence-corrected chi connectivity index (χ3v) is 10.5. The van der Waals surface area contributed by atoms with Crippen LogP contribution < -0.4 is 0 Å². The molecule has 0 fully saturated rings. The fourth-order valence-electron chi connectivity index (χ4n) is 8.17. The van der Waals surface area contributed by atoms with Crippen LogP contribution in [0.5, 0.6) is 0 Å². The van der Waals surface area contributed by atoms with Gasteiger partial charge in [-0.15, -0.1) is 0 Å². The first kappa shape index (κ1) is 28.0.